The van der Waals surface area contributed by atoms with Gasteiger partial charge in [0.05, 0.1) is 0 Å². The summed E-state index contributed by atoms with van der Waals surface area (Å²) in [6, 6.07) is 2.18. The van der Waals surface area contributed by atoms with Gasteiger partial charge in [0, 0.05) is 37.8 Å². The van der Waals surface area contributed by atoms with E-state index in [4.69, 9.17) is 0 Å². The highest BCUT2D eigenvalue weighted by Crippen LogP contribution is 2.23. The first kappa shape index (κ1) is 15.3. The molecule has 0 spiro atoms. The maximum atomic E-state index is 3.48. The van der Waals surface area contributed by atoms with Crippen LogP contribution in [0.2, 0.25) is 0 Å². The number of piperidine rings is 1. The molecule has 1 N–H and O–H groups in total. The first-order chi connectivity index (χ1) is 9.08. The van der Waals surface area contributed by atoms with E-state index in [9.17, 15) is 0 Å². The van der Waals surface area contributed by atoms with Gasteiger partial charge in [0.2, 0.25) is 0 Å². The van der Waals surface area contributed by atoms with Crippen molar-refractivity contribution in [1.82, 2.24) is 15.1 Å². The summed E-state index contributed by atoms with van der Waals surface area (Å²) in [7, 11) is 0. The minimum absolute atomic E-state index is 0.687. The summed E-state index contributed by atoms with van der Waals surface area (Å²) >= 11 is 0. The Balaban J connectivity index is 1.89. The number of nitrogens with zero attached hydrogens (tertiary/aromatic N) is 2. The van der Waals surface area contributed by atoms with Crippen molar-refractivity contribution in [2.24, 2.45) is 5.92 Å². The highest BCUT2D eigenvalue weighted by atomic mass is 15.3. The molecule has 0 saturated carbocycles. The predicted molar refractivity (Wildman–Crippen MR) is 82.5 cm³/mol. The minimum Gasteiger partial charge on any atom is -0.317 e. The van der Waals surface area contributed by atoms with E-state index in [0.29, 0.717) is 12.1 Å². The second-order valence-corrected chi connectivity index (χ2v) is 7.02. The zero-order valence-electron chi connectivity index (χ0n) is 13.4. The third-order valence-electron chi connectivity index (χ3n) is 4.99. The van der Waals surface area contributed by atoms with Gasteiger partial charge in [-0.2, -0.15) is 0 Å². The minimum atomic E-state index is 0.687. The number of hydrogen-bond acceptors (Lipinski definition) is 3. The smallest absolute Gasteiger partial charge is 0.0238 e. The Labute approximate surface area is 119 Å². The summed E-state index contributed by atoms with van der Waals surface area (Å²) in [6.07, 6.45) is 4.09. The summed E-state index contributed by atoms with van der Waals surface area (Å²) in [5.41, 5.74) is 0. The second kappa shape index (κ2) is 7.05. The lowest BCUT2D eigenvalue weighted by molar-refractivity contribution is 0.114. The van der Waals surface area contributed by atoms with Crippen LogP contribution in [-0.2, 0) is 0 Å². The molecule has 2 heterocycles. The number of nitrogens with one attached hydrogen (secondary N) is 1. The Morgan fingerprint density at radius 1 is 1.11 bits per heavy atom. The SMILES string of the molecule is CC(C)N1CCC(N(CC2CCNCC2)C(C)C)C1. The fraction of sp³-hybridized carbons (Fsp3) is 1.00. The average molecular weight is 267 g/mol. The van der Waals surface area contributed by atoms with Crippen molar-refractivity contribution in [1.29, 1.82) is 0 Å². The zero-order chi connectivity index (χ0) is 13.8. The molecule has 2 saturated heterocycles. The van der Waals surface area contributed by atoms with Crippen molar-refractivity contribution in [3.05, 3.63) is 0 Å². The topological polar surface area (TPSA) is 18.5 Å². The predicted octanol–water partition coefficient (Wildman–Crippen LogP) is 2.18. The average Bonchev–Trinajstić information content (AvgIpc) is 2.86. The molecule has 2 fully saturated rings. The molecule has 0 amide bonds. The second-order valence-electron chi connectivity index (χ2n) is 7.02. The van der Waals surface area contributed by atoms with E-state index in [2.05, 4.69) is 42.8 Å². The van der Waals surface area contributed by atoms with Crippen LogP contribution in [0.25, 0.3) is 0 Å². The largest absolute Gasteiger partial charge is 0.317 e. The Hall–Kier alpha value is -0.120. The van der Waals surface area contributed by atoms with Crippen molar-refractivity contribution < 1.29 is 0 Å². The van der Waals surface area contributed by atoms with Crippen LogP contribution in [-0.4, -0.2) is 60.6 Å². The molecule has 0 aromatic carbocycles. The van der Waals surface area contributed by atoms with Gasteiger partial charge in [-0.3, -0.25) is 9.80 Å². The molecule has 0 aromatic heterocycles. The van der Waals surface area contributed by atoms with E-state index >= 15 is 0 Å². The van der Waals surface area contributed by atoms with Gasteiger partial charge in [0.15, 0.2) is 0 Å². The molecular weight excluding hydrogens is 234 g/mol. The lowest BCUT2D eigenvalue weighted by Crippen LogP contribution is -2.46. The lowest BCUT2D eigenvalue weighted by atomic mass is 9.96. The third-order valence-corrected chi connectivity index (χ3v) is 4.99. The molecule has 2 aliphatic heterocycles. The van der Waals surface area contributed by atoms with Gasteiger partial charge in [-0.05, 0) is 66.0 Å². The molecular formula is C16H33N3. The Morgan fingerprint density at radius 2 is 1.79 bits per heavy atom. The van der Waals surface area contributed by atoms with Crippen LogP contribution in [0, 0.1) is 5.92 Å². The summed E-state index contributed by atoms with van der Waals surface area (Å²) in [6.45, 7) is 15.7. The molecule has 0 aliphatic carbocycles. The van der Waals surface area contributed by atoms with Crippen LogP contribution >= 0.6 is 0 Å². The molecule has 2 rings (SSSR count). The van der Waals surface area contributed by atoms with Crippen molar-refractivity contribution >= 4 is 0 Å². The molecule has 0 bridgehead atoms. The number of rotatable bonds is 5. The van der Waals surface area contributed by atoms with Gasteiger partial charge in [0.1, 0.15) is 0 Å². The highest BCUT2D eigenvalue weighted by molar-refractivity contribution is 4.87. The van der Waals surface area contributed by atoms with E-state index in [0.717, 1.165) is 12.0 Å². The normalized spacial score (nSPS) is 27.0. The first-order valence-electron chi connectivity index (χ1n) is 8.28. The zero-order valence-corrected chi connectivity index (χ0v) is 13.4. The van der Waals surface area contributed by atoms with Crippen LogP contribution in [0.3, 0.4) is 0 Å². The Bertz CT molecular complexity index is 259. The maximum absolute atomic E-state index is 3.48. The van der Waals surface area contributed by atoms with Gasteiger partial charge >= 0.3 is 0 Å². The standard InChI is InChI=1S/C16H33N3/c1-13(2)18-10-7-16(12-18)19(14(3)4)11-15-5-8-17-9-6-15/h13-17H,5-12H2,1-4H3. The van der Waals surface area contributed by atoms with E-state index in [1.165, 1.54) is 52.0 Å². The maximum Gasteiger partial charge on any atom is 0.0238 e. The molecule has 3 heteroatoms. The molecule has 19 heavy (non-hydrogen) atoms. The quantitative estimate of drug-likeness (QED) is 0.824. The van der Waals surface area contributed by atoms with E-state index < -0.39 is 0 Å². The first-order valence-corrected chi connectivity index (χ1v) is 8.28. The van der Waals surface area contributed by atoms with Gasteiger partial charge in [0.25, 0.3) is 0 Å². The van der Waals surface area contributed by atoms with Crippen molar-refractivity contribution in [2.75, 3.05) is 32.7 Å². The lowest BCUT2D eigenvalue weighted by Gasteiger charge is -2.37. The van der Waals surface area contributed by atoms with Gasteiger partial charge < -0.3 is 5.32 Å². The van der Waals surface area contributed by atoms with Crippen molar-refractivity contribution in [3.63, 3.8) is 0 Å². The summed E-state index contributed by atoms with van der Waals surface area (Å²) in [4.78, 5) is 5.43. The van der Waals surface area contributed by atoms with Crippen molar-refractivity contribution in [3.8, 4) is 0 Å². The van der Waals surface area contributed by atoms with E-state index in [1.807, 2.05) is 0 Å². The summed E-state index contributed by atoms with van der Waals surface area (Å²) in [5, 5.41) is 3.48. The van der Waals surface area contributed by atoms with Crippen LogP contribution in [0.5, 0.6) is 0 Å². The highest BCUT2D eigenvalue weighted by Gasteiger charge is 2.31. The van der Waals surface area contributed by atoms with Crippen molar-refractivity contribution in [2.45, 2.75) is 65.1 Å². The summed E-state index contributed by atoms with van der Waals surface area (Å²) < 4.78 is 0. The molecule has 112 valence electrons. The number of hydrogen-bond donors (Lipinski definition) is 1. The van der Waals surface area contributed by atoms with Crippen LogP contribution in [0.15, 0.2) is 0 Å². The van der Waals surface area contributed by atoms with Crippen LogP contribution in [0.4, 0.5) is 0 Å². The molecule has 0 aromatic rings. The van der Waals surface area contributed by atoms with Crippen LogP contribution in [0.1, 0.15) is 47.0 Å². The Morgan fingerprint density at radius 3 is 2.32 bits per heavy atom. The molecule has 2 aliphatic rings. The molecule has 1 atom stereocenters. The van der Waals surface area contributed by atoms with Gasteiger partial charge in [-0.1, -0.05) is 0 Å². The van der Waals surface area contributed by atoms with Gasteiger partial charge in [-0.25, -0.2) is 0 Å². The monoisotopic (exact) mass is 267 g/mol. The fourth-order valence-corrected chi connectivity index (χ4v) is 3.65. The summed E-state index contributed by atoms with van der Waals surface area (Å²) in [5.74, 6) is 0.914. The molecule has 3 nitrogen and oxygen atoms in total. The van der Waals surface area contributed by atoms with Crippen LogP contribution < -0.4 is 5.32 Å². The number of likely N-dealkylation sites (tertiary alicyclic amines) is 1. The van der Waals surface area contributed by atoms with E-state index in [-0.39, 0.29) is 0 Å². The van der Waals surface area contributed by atoms with Gasteiger partial charge in [-0.15, -0.1) is 0 Å². The molecule has 0 radical (unpaired) electrons. The Kier molecular flexibility index (Phi) is 5.67. The third kappa shape index (κ3) is 4.17. The fourth-order valence-electron chi connectivity index (χ4n) is 3.65. The molecule has 1 unspecified atom stereocenters. The van der Waals surface area contributed by atoms with E-state index in [1.54, 1.807) is 0 Å².